The van der Waals surface area contributed by atoms with Crippen LogP contribution in [-0.2, 0) is 17.9 Å². The van der Waals surface area contributed by atoms with Crippen LogP contribution in [0.2, 0.25) is 0 Å². The van der Waals surface area contributed by atoms with E-state index in [4.69, 9.17) is 14.4 Å². The minimum atomic E-state index is -0.573. The Hall–Kier alpha value is -3.27. The third kappa shape index (κ3) is 3.02. The highest BCUT2D eigenvalue weighted by Crippen LogP contribution is 2.29. The molecule has 0 unspecified atom stereocenters. The molecule has 4 rings (SSSR count). The van der Waals surface area contributed by atoms with Crippen LogP contribution >= 0.6 is 0 Å². The molecule has 0 bridgehead atoms. The van der Waals surface area contributed by atoms with Gasteiger partial charge < -0.3 is 14.4 Å². The van der Waals surface area contributed by atoms with Gasteiger partial charge in [0.25, 0.3) is 0 Å². The molecule has 1 aromatic carbocycles. The van der Waals surface area contributed by atoms with Crippen molar-refractivity contribution >= 4 is 11.8 Å². The molecule has 1 aliphatic rings. The zero-order chi connectivity index (χ0) is 18.1. The number of nitrogens with zero attached hydrogens (tertiary/aromatic N) is 5. The van der Waals surface area contributed by atoms with Crippen molar-refractivity contribution in [3.8, 4) is 11.3 Å². The van der Waals surface area contributed by atoms with Crippen LogP contribution in [0.15, 0.2) is 41.2 Å². The first-order chi connectivity index (χ1) is 12.6. The molecule has 1 atom stereocenters. The fourth-order valence-electron chi connectivity index (χ4n) is 2.75. The van der Waals surface area contributed by atoms with Crippen LogP contribution in [0.1, 0.15) is 5.69 Å². The predicted molar refractivity (Wildman–Crippen MR) is 85.5 cm³/mol. The fraction of sp³-hybridized carbons (Fsp3) is 0.250. The number of ether oxygens (including phenoxy) is 1. The summed E-state index contributed by atoms with van der Waals surface area (Å²) in [5.41, 5.74) is 0.870. The fourth-order valence-corrected chi connectivity index (χ4v) is 2.75. The normalized spacial score (nSPS) is 16.9. The maximum Gasteiger partial charge on any atom is 0.414 e. The number of aliphatic hydroxyl groups excluding tert-OH is 1. The van der Waals surface area contributed by atoms with Crippen molar-refractivity contribution in [3.05, 3.63) is 48.2 Å². The van der Waals surface area contributed by atoms with Gasteiger partial charge in [-0.15, -0.1) is 5.10 Å². The first-order valence-corrected chi connectivity index (χ1v) is 7.82. The largest absolute Gasteiger partial charge is 0.442 e. The van der Waals surface area contributed by atoms with E-state index in [1.165, 1.54) is 29.3 Å². The summed E-state index contributed by atoms with van der Waals surface area (Å²) in [6, 6.07) is 5.77. The average molecular weight is 359 g/mol. The lowest BCUT2D eigenvalue weighted by Crippen LogP contribution is -2.26. The second kappa shape index (κ2) is 6.56. The van der Waals surface area contributed by atoms with E-state index in [1.807, 2.05) is 0 Å². The SMILES string of the molecule is O=C1O[C@@H](Cn2ccnn2)CN1c1ccc(-c2cc(CO)no2)c(F)c1. The summed E-state index contributed by atoms with van der Waals surface area (Å²) in [5, 5.41) is 20.2. The van der Waals surface area contributed by atoms with Crippen LogP contribution in [0.4, 0.5) is 14.9 Å². The van der Waals surface area contributed by atoms with Gasteiger partial charge in [0.05, 0.1) is 37.1 Å². The van der Waals surface area contributed by atoms with E-state index in [-0.39, 0.29) is 24.5 Å². The standard InChI is InChI=1S/C16H14FN5O4/c17-14-6-11(1-2-13(14)15-5-10(9-23)19-26-15)22-8-12(25-16(22)24)7-21-4-3-18-20-21/h1-6,12,23H,7-9H2/t12-/m0/s1. The number of benzene rings is 1. The van der Waals surface area contributed by atoms with E-state index >= 15 is 0 Å². The second-order valence-electron chi connectivity index (χ2n) is 5.75. The summed E-state index contributed by atoms with van der Waals surface area (Å²) in [6.07, 6.45) is 2.25. The van der Waals surface area contributed by atoms with Gasteiger partial charge >= 0.3 is 6.09 Å². The maximum atomic E-state index is 14.5. The molecule has 0 radical (unpaired) electrons. The molecule has 1 aliphatic heterocycles. The number of cyclic esters (lactones) is 1. The van der Waals surface area contributed by atoms with Gasteiger partial charge in [-0.2, -0.15) is 0 Å². The minimum absolute atomic E-state index is 0.188. The van der Waals surface area contributed by atoms with Crippen LogP contribution in [0.25, 0.3) is 11.3 Å². The number of rotatable bonds is 5. The molecule has 3 aromatic rings. The molecule has 1 N–H and O–H groups in total. The lowest BCUT2D eigenvalue weighted by molar-refractivity contribution is 0.129. The number of hydrogen-bond donors (Lipinski definition) is 1. The Morgan fingerprint density at radius 1 is 1.35 bits per heavy atom. The minimum Gasteiger partial charge on any atom is -0.442 e. The quantitative estimate of drug-likeness (QED) is 0.737. The molecular weight excluding hydrogens is 345 g/mol. The second-order valence-corrected chi connectivity index (χ2v) is 5.75. The van der Waals surface area contributed by atoms with E-state index in [9.17, 15) is 9.18 Å². The number of anilines is 1. The maximum absolute atomic E-state index is 14.5. The van der Waals surface area contributed by atoms with E-state index in [2.05, 4.69) is 15.5 Å². The molecular formula is C16H14FN5O4. The highest BCUT2D eigenvalue weighted by atomic mass is 19.1. The van der Waals surface area contributed by atoms with Gasteiger partial charge in [0.1, 0.15) is 17.6 Å². The predicted octanol–water partition coefficient (Wildman–Crippen LogP) is 1.59. The van der Waals surface area contributed by atoms with Crippen LogP contribution in [0.5, 0.6) is 0 Å². The summed E-state index contributed by atoms with van der Waals surface area (Å²) in [4.78, 5) is 13.5. The lowest BCUT2D eigenvalue weighted by Gasteiger charge is -2.13. The molecule has 3 heterocycles. The Labute approximate surface area is 146 Å². The molecule has 1 fully saturated rings. The molecule has 0 spiro atoms. The van der Waals surface area contributed by atoms with E-state index in [0.29, 0.717) is 17.9 Å². The van der Waals surface area contributed by atoms with Crippen molar-refractivity contribution in [2.45, 2.75) is 19.3 Å². The van der Waals surface area contributed by atoms with Crippen LogP contribution in [0, 0.1) is 5.82 Å². The Bertz CT molecular complexity index is 927. The van der Waals surface area contributed by atoms with Gasteiger partial charge in [-0.3, -0.25) is 4.90 Å². The summed E-state index contributed by atoms with van der Waals surface area (Å²) in [6.45, 7) is 0.342. The van der Waals surface area contributed by atoms with Gasteiger partial charge in [0.2, 0.25) is 0 Å². The van der Waals surface area contributed by atoms with Gasteiger partial charge in [0, 0.05) is 12.3 Å². The number of carbonyl (C=O) groups excluding carboxylic acids is 1. The Kier molecular flexibility index (Phi) is 4.09. The Balaban J connectivity index is 1.52. The zero-order valence-electron chi connectivity index (χ0n) is 13.4. The van der Waals surface area contributed by atoms with Crippen molar-refractivity contribution in [2.75, 3.05) is 11.4 Å². The number of amides is 1. The zero-order valence-corrected chi connectivity index (χ0v) is 13.4. The van der Waals surface area contributed by atoms with Crippen molar-refractivity contribution in [2.24, 2.45) is 0 Å². The average Bonchev–Trinajstić information content (AvgIpc) is 3.36. The van der Waals surface area contributed by atoms with Gasteiger partial charge in [-0.25, -0.2) is 13.9 Å². The molecule has 26 heavy (non-hydrogen) atoms. The third-order valence-corrected chi connectivity index (χ3v) is 3.99. The molecule has 2 aromatic heterocycles. The summed E-state index contributed by atoms with van der Waals surface area (Å²) in [7, 11) is 0. The number of halogens is 1. The van der Waals surface area contributed by atoms with Crippen molar-refractivity contribution < 1.29 is 23.6 Å². The first kappa shape index (κ1) is 16.2. The summed E-state index contributed by atoms with van der Waals surface area (Å²) in [5.74, 6) is -0.373. The molecule has 1 amide bonds. The highest BCUT2D eigenvalue weighted by molar-refractivity contribution is 5.90. The van der Waals surface area contributed by atoms with Gasteiger partial charge in [-0.05, 0) is 18.2 Å². The van der Waals surface area contributed by atoms with Crippen molar-refractivity contribution in [1.29, 1.82) is 0 Å². The molecule has 1 saturated heterocycles. The van der Waals surface area contributed by atoms with E-state index < -0.39 is 18.0 Å². The molecule has 0 saturated carbocycles. The van der Waals surface area contributed by atoms with Gasteiger partial charge in [-0.1, -0.05) is 10.4 Å². The number of hydrogen-bond acceptors (Lipinski definition) is 7. The number of aliphatic hydroxyl groups is 1. The molecule has 10 heteroatoms. The van der Waals surface area contributed by atoms with Gasteiger partial charge in [0.15, 0.2) is 5.76 Å². The smallest absolute Gasteiger partial charge is 0.414 e. The monoisotopic (exact) mass is 359 g/mol. The van der Waals surface area contributed by atoms with Crippen LogP contribution in [0.3, 0.4) is 0 Å². The van der Waals surface area contributed by atoms with Crippen LogP contribution < -0.4 is 4.90 Å². The topological polar surface area (TPSA) is 107 Å². The first-order valence-electron chi connectivity index (χ1n) is 7.82. The Morgan fingerprint density at radius 3 is 2.92 bits per heavy atom. The molecule has 9 nitrogen and oxygen atoms in total. The molecule has 0 aliphatic carbocycles. The highest BCUT2D eigenvalue weighted by Gasteiger charge is 2.33. The number of carbonyl (C=O) groups is 1. The lowest BCUT2D eigenvalue weighted by atomic mass is 10.1. The van der Waals surface area contributed by atoms with Crippen molar-refractivity contribution in [3.63, 3.8) is 0 Å². The Morgan fingerprint density at radius 2 is 2.23 bits per heavy atom. The van der Waals surface area contributed by atoms with Crippen molar-refractivity contribution in [1.82, 2.24) is 20.2 Å². The third-order valence-electron chi connectivity index (χ3n) is 3.99. The number of aromatic nitrogens is 4. The summed E-state index contributed by atoms with van der Waals surface area (Å²) >= 11 is 0. The van der Waals surface area contributed by atoms with E-state index in [1.54, 1.807) is 16.9 Å². The molecule has 134 valence electrons. The summed E-state index contributed by atoms with van der Waals surface area (Å²) < 4.78 is 26.4. The van der Waals surface area contributed by atoms with Crippen LogP contribution in [-0.4, -0.2) is 44.0 Å². The van der Waals surface area contributed by atoms with E-state index in [0.717, 1.165) is 0 Å².